The van der Waals surface area contributed by atoms with E-state index in [0.29, 0.717) is 17.3 Å². The van der Waals surface area contributed by atoms with Crippen LogP contribution >= 0.6 is 11.6 Å². The van der Waals surface area contributed by atoms with Crippen molar-refractivity contribution in [3.05, 3.63) is 94.0 Å². The Labute approximate surface area is 224 Å². The third-order valence-corrected chi connectivity index (χ3v) is 8.53. The van der Waals surface area contributed by atoms with Gasteiger partial charge in [0, 0.05) is 31.2 Å². The number of morpholine rings is 1. The average molecular weight is 542 g/mol. The molecule has 0 radical (unpaired) electrons. The lowest BCUT2D eigenvalue weighted by Crippen LogP contribution is -2.40. The number of carbonyl (C=O) groups excluding carboxylic acids is 1. The molecule has 0 unspecified atom stereocenters. The lowest BCUT2D eigenvalue weighted by molar-refractivity contribution is -0.119. The van der Waals surface area contributed by atoms with Crippen LogP contribution in [0.5, 0.6) is 0 Å². The monoisotopic (exact) mass is 541 g/mol. The van der Waals surface area contributed by atoms with Gasteiger partial charge in [0.2, 0.25) is 5.91 Å². The van der Waals surface area contributed by atoms with Crippen LogP contribution in [0.1, 0.15) is 22.3 Å². The smallest absolute Gasteiger partial charge is 0.264 e. The van der Waals surface area contributed by atoms with E-state index in [1.54, 1.807) is 12.1 Å². The largest absolute Gasteiger partial charge is 0.379 e. The first-order valence-corrected chi connectivity index (χ1v) is 14.0. The molecule has 4 rings (SSSR count). The Morgan fingerprint density at radius 1 is 0.946 bits per heavy atom. The summed E-state index contributed by atoms with van der Waals surface area (Å²) >= 11 is 5.96. The van der Waals surface area contributed by atoms with E-state index in [0.717, 1.165) is 53.8 Å². The molecule has 0 atom stereocenters. The summed E-state index contributed by atoms with van der Waals surface area (Å²) in [5.41, 5.74) is 4.55. The Balaban J connectivity index is 1.45. The fourth-order valence-corrected chi connectivity index (χ4v) is 5.64. The zero-order valence-electron chi connectivity index (χ0n) is 21.1. The van der Waals surface area contributed by atoms with Crippen molar-refractivity contribution in [2.24, 2.45) is 0 Å². The number of hydrogen-bond donors (Lipinski definition) is 1. The van der Waals surface area contributed by atoms with Crippen molar-refractivity contribution in [1.29, 1.82) is 0 Å². The molecule has 3 aromatic carbocycles. The van der Waals surface area contributed by atoms with Gasteiger partial charge in [-0.05, 0) is 72.5 Å². The Kier molecular flexibility index (Phi) is 8.87. The van der Waals surface area contributed by atoms with E-state index >= 15 is 0 Å². The fourth-order valence-electron chi connectivity index (χ4n) is 4.10. The molecule has 0 aliphatic carbocycles. The van der Waals surface area contributed by atoms with E-state index in [2.05, 4.69) is 22.3 Å². The molecule has 3 aromatic rings. The molecule has 1 fully saturated rings. The molecule has 196 valence electrons. The van der Waals surface area contributed by atoms with Gasteiger partial charge in [0.1, 0.15) is 6.54 Å². The highest BCUT2D eigenvalue weighted by Gasteiger charge is 2.27. The summed E-state index contributed by atoms with van der Waals surface area (Å²) in [5.74, 6) is -0.395. The number of amides is 1. The normalized spacial score (nSPS) is 14.4. The average Bonchev–Trinajstić information content (AvgIpc) is 2.89. The standard InChI is InChI=1S/C28H32ClN3O4S/c1-21-3-10-26(17-22(21)2)32(37(34,35)27-11-8-25(29)9-12-27)20-28(33)30-18-23-4-6-24(7-5-23)19-31-13-15-36-16-14-31/h3-12,17H,13-16,18-20H2,1-2H3,(H,30,33). The van der Waals surface area contributed by atoms with Gasteiger partial charge in [0.05, 0.1) is 23.8 Å². The van der Waals surface area contributed by atoms with Crippen LogP contribution in [-0.2, 0) is 32.6 Å². The van der Waals surface area contributed by atoms with Gasteiger partial charge in [-0.2, -0.15) is 0 Å². The molecule has 1 saturated heterocycles. The molecular weight excluding hydrogens is 510 g/mol. The van der Waals surface area contributed by atoms with Gasteiger partial charge in [0.15, 0.2) is 0 Å². The second-order valence-corrected chi connectivity index (χ2v) is 11.5. The summed E-state index contributed by atoms with van der Waals surface area (Å²) in [4.78, 5) is 15.4. The molecule has 1 heterocycles. The second kappa shape index (κ2) is 12.1. The quantitative estimate of drug-likeness (QED) is 0.437. The predicted octanol–water partition coefficient (Wildman–Crippen LogP) is 4.30. The zero-order chi connectivity index (χ0) is 26.4. The number of anilines is 1. The van der Waals surface area contributed by atoms with E-state index in [-0.39, 0.29) is 11.4 Å². The summed E-state index contributed by atoms with van der Waals surface area (Å²) in [5, 5.41) is 3.30. The minimum absolute atomic E-state index is 0.0683. The van der Waals surface area contributed by atoms with Gasteiger partial charge < -0.3 is 10.1 Å². The predicted molar refractivity (Wildman–Crippen MR) is 146 cm³/mol. The van der Waals surface area contributed by atoms with Crippen molar-refractivity contribution in [3.63, 3.8) is 0 Å². The zero-order valence-corrected chi connectivity index (χ0v) is 22.7. The topological polar surface area (TPSA) is 79.0 Å². The van der Waals surface area contributed by atoms with Crippen LogP contribution in [0.3, 0.4) is 0 Å². The van der Waals surface area contributed by atoms with Crippen molar-refractivity contribution < 1.29 is 17.9 Å². The van der Waals surface area contributed by atoms with E-state index in [9.17, 15) is 13.2 Å². The number of carbonyl (C=O) groups is 1. The lowest BCUT2D eigenvalue weighted by atomic mass is 10.1. The fraction of sp³-hybridized carbons (Fsp3) is 0.321. The Bertz CT molecular complexity index is 1320. The summed E-state index contributed by atoms with van der Waals surface area (Å²) in [6.07, 6.45) is 0. The second-order valence-electron chi connectivity index (χ2n) is 9.22. The van der Waals surface area contributed by atoms with Crippen LogP contribution in [0, 0.1) is 13.8 Å². The van der Waals surface area contributed by atoms with Gasteiger partial charge in [-0.15, -0.1) is 0 Å². The molecular formula is C28H32ClN3O4S. The van der Waals surface area contributed by atoms with E-state index in [1.165, 1.54) is 29.8 Å². The number of nitrogens with zero attached hydrogens (tertiary/aromatic N) is 2. The molecule has 1 aliphatic heterocycles. The summed E-state index contributed by atoms with van der Waals surface area (Å²) in [6, 6.07) is 19.4. The van der Waals surface area contributed by atoms with Crippen molar-refractivity contribution in [3.8, 4) is 0 Å². The first-order chi connectivity index (χ1) is 17.7. The Morgan fingerprint density at radius 2 is 1.59 bits per heavy atom. The molecule has 1 N–H and O–H groups in total. The molecule has 0 spiro atoms. The van der Waals surface area contributed by atoms with E-state index < -0.39 is 15.9 Å². The number of nitrogens with one attached hydrogen (secondary N) is 1. The maximum absolute atomic E-state index is 13.5. The van der Waals surface area contributed by atoms with Crippen LogP contribution in [0.4, 0.5) is 5.69 Å². The van der Waals surface area contributed by atoms with Crippen molar-refractivity contribution in [2.75, 3.05) is 37.2 Å². The molecule has 0 aromatic heterocycles. The number of halogens is 1. The van der Waals surface area contributed by atoms with E-state index in [1.807, 2.05) is 32.0 Å². The van der Waals surface area contributed by atoms with Crippen LogP contribution in [0.15, 0.2) is 71.6 Å². The highest BCUT2D eigenvalue weighted by atomic mass is 35.5. The molecule has 1 aliphatic rings. The molecule has 1 amide bonds. The van der Waals surface area contributed by atoms with Gasteiger partial charge in [-0.1, -0.05) is 41.9 Å². The molecule has 9 heteroatoms. The maximum atomic E-state index is 13.5. The minimum atomic E-state index is -4.00. The molecule has 0 bridgehead atoms. The van der Waals surface area contributed by atoms with Crippen LogP contribution in [-0.4, -0.2) is 52.1 Å². The first kappa shape index (κ1) is 27.1. The van der Waals surface area contributed by atoms with Crippen molar-refractivity contribution >= 4 is 33.2 Å². The Hall–Kier alpha value is -2.91. The molecule has 37 heavy (non-hydrogen) atoms. The number of rotatable bonds is 9. The van der Waals surface area contributed by atoms with E-state index in [4.69, 9.17) is 16.3 Å². The molecule has 0 saturated carbocycles. The third-order valence-electron chi connectivity index (χ3n) is 6.49. The minimum Gasteiger partial charge on any atom is -0.379 e. The van der Waals surface area contributed by atoms with Crippen LogP contribution < -0.4 is 9.62 Å². The van der Waals surface area contributed by atoms with Crippen LogP contribution in [0.2, 0.25) is 5.02 Å². The highest BCUT2D eigenvalue weighted by Crippen LogP contribution is 2.26. The van der Waals surface area contributed by atoms with Gasteiger partial charge in [-0.3, -0.25) is 14.0 Å². The Morgan fingerprint density at radius 3 is 2.24 bits per heavy atom. The third kappa shape index (κ3) is 7.11. The first-order valence-electron chi connectivity index (χ1n) is 12.2. The lowest BCUT2D eigenvalue weighted by Gasteiger charge is -2.26. The SMILES string of the molecule is Cc1ccc(N(CC(=O)NCc2ccc(CN3CCOCC3)cc2)S(=O)(=O)c2ccc(Cl)cc2)cc1C. The van der Waals surface area contributed by atoms with Crippen molar-refractivity contribution in [2.45, 2.75) is 31.8 Å². The van der Waals surface area contributed by atoms with Crippen LogP contribution in [0.25, 0.3) is 0 Å². The van der Waals surface area contributed by atoms with Gasteiger partial charge >= 0.3 is 0 Å². The van der Waals surface area contributed by atoms with Crippen molar-refractivity contribution in [1.82, 2.24) is 10.2 Å². The number of sulfonamides is 1. The highest BCUT2D eigenvalue weighted by molar-refractivity contribution is 7.92. The summed E-state index contributed by atoms with van der Waals surface area (Å²) < 4.78 is 33.6. The summed E-state index contributed by atoms with van der Waals surface area (Å²) in [6.45, 7) is 8.06. The maximum Gasteiger partial charge on any atom is 0.264 e. The number of hydrogen-bond acceptors (Lipinski definition) is 5. The summed E-state index contributed by atoms with van der Waals surface area (Å²) in [7, 11) is -4.00. The number of benzene rings is 3. The van der Waals surface area contributed by atoms with Gasteiger partial charge in [0.25, 0.3) is 10.0 Å². The van der Waals surface area contributed by atoms with Gasteiger partial charge in [-0.25, -0.2) is 8.42 Å². The number of ether oxygens (including phenoxy) is 1. The number of aryl methyl sites for hydroxylation is 2. The molecule has 7 nitrogen and oxygen atoms in total.